The zero-order valence-corrected chi connectivity index (χ0v) is 13.4. The lowest BCUT2D eigenvalue weighted by molar-refractivity contribution is 0.480. The Hall–Kier alpha value is -3.13. The summed E-state index contributed by atoms with van der Waals surface area (Å²) >= 11 is 0. The number of benzene rings is 3. The van der Waals surface area contributed by atoms with Crippen molar-refractivity contribution in [1.82, 2.24) is 4.98 Å². The van der Waals surface area contributed by atoms with Crippen LogP contribution in [0.15, 0.2) is 84.9 Å². The first-order valence-electron chi connectivity index (χ1n) is 8.00. The number of pyridine rings is 1. The Balaban J connectivity index is 1.96. The van der Waals surface area contributed by atoms with Crippen molar-refractivity contribution in [1.29, 1.82) is 0 Å². The fourth-order valence-corrected chi connectivity index (χ4v) is 2.88. The van der Waals surface area contributed by atoms with E-state index in [2.05, 4.69) is 25.1 Å². The number of hydrogen-bond donors (Lipinski definition) is 0. The van der Waals surface area contributed by atoms with Gasteiger partial charge in [-0.25, -0.2) is 4.98 Å². The quantitative estimate of drug-likeness (QED) is 0.463. The smallest absolute Gasteiger partial charge is 0.157 e. The van der Waals surface area contributed by atoms with Gasteiger partial charge < -0.3 is 4.74 Å². The van der Waals surface area contributed by atoms with Gasteiger partial charge in [-0.05, 0) is 25.1 Å². The molecular formula is C22H17NO. The largest absolute Gasteiger partial charge is 0.455 e. The molecule has 2 nitrogen and oxygen atoms in total. The van der Waals surface area contributed by atoms with Gasteiger partial charge in [-0.3, -0.25) is 0 Å². The van der Waals surface area contributed by atoms with Gasteiger partial charge in [0, 0.05) is 16.5 Å². The zero-order valence-electron chi connectivity index (χ0n) is 13.4. The molecule has 0 N–H and O–H groups in total. The molecule has 0 aliphatic rings. The Morgan fingerprint density at radius 2 is 1.33 bits per heavy atom. The standard InChI is InChI=1S/C22H17NO/c1-16-19-14-8-9-15-20(19)23-21(17-10-4-2-5-11-17)22(16)24-18-12-6-3-7-13-18/h2-15H,1H3. The highest BCUT2D eigenvalue weighted by molar-refractivity contribution is 5.89. The molecule has 1 heterocycles. The summed E-state index contributed by atoms with van der Waals surface area (Å²) in [7, 11) is 0. The van der Waals surface area contributed by atoms with Crippen LogP contribution in [0, 0.1) is 6.92 Å². The Morgan fingerprint density at radius 3 is 2.08 bits per heavy atom. The summed E-state index contributed by atoms with van der Waals surface area (Å²) in [6.07, 6.45) is 0. The van der Waals surface area contributed by atoms with Gasteiger partial charge >= 0.3 is 0 Å². The molecule has 24 heavy (non-hydrogen) atoms. The number of ether oxygens (including phenoxy) is 1. The summed E-state index contributed by atoms with van der Waals surface area (Å²) in [5.74, 6) is 1.63. The summed E-state index contributed by atoms with van der Waals surface area (Å²) in [6.45, 7) is 2.09. The number of aromatic nitrogens is 1. The molecule has 1 aromatic heterocycles. The number of para-hydroxylation sites is 2. The average Bonchev–Trinajstić information content (AvgIpc) is 2.65. The summed E-state index contributed by atoms with van der Waals surface area (Å²) < 4.78 is 6.24. The minimum atomic E-state index is 0.811. The molecule has 4 rings (SSSR count). The third-order valence-electron chi connectivity index (χ3n) is 4.11. The fraction of sp³-hybridized carbons (Fsp3) is 0.0455. The molecule has 0 aliphatic heterocycles. The van der Waals surface area contributed by atoms with E-state index in [1.165, 1.54) is 0 Å². The highest BCUT2D eigenvalue weighted by Gasteiger charge is 2.15. The van der Waals surface area contributed by atoms with Gasteiger partial charge in [0.05, 0.1) is 5.52 Å². The highest BCUT2D eigenvalue weighted by Crippen LogP contribution is 2.38. The van der Waals surface area contributed by atoms with Crippen LogP contribution in [0.2, 0.25) is 0 Å². The normalized spacial score (nSPS) is 10.7. The van der Waals surface area contributed by atoms with Crippen molar-refractivity contribution in [2.45, 2.75) is 6.92 Å². The second-order valence-electron chi connectivity index (χ2n) is 5.71. The first-order valence-corrected chi connectivity index (χ1v) is 8.00. The molecule has 4 aromatic rings. The third kappa shape index (κ3) is 2.63. The summed E-state index contributed by atoms with van der Waals surface area (Å²) in [6, 6.07) is 28.2. The van der Waals surface area contributed by atoms with Gasteiger partial charge in [0.2, 0.25) is 0 Å². The minimum absolute atomic E-state index is 0.811. The van der Waals surface area contributed by atoms with Crippen LogP contribution >= 0.6 is 0 Å². The molecule has 0 atom stereocenters. The second-order valence-corrected chi connectivity index (χ2v) is 5.71. The summed E-state index contributed by atoms with van der Waals surface area (Å²) in [4.78, 5) is 4.88. The molecule has 3 aromatic carbocycles. The Labute approximate surface area is 141 Å². The lowest BCUT2D eigenvalue weighted by Crippen LogP contribution is -1.96. The number of nitrogens with zero attached hydrogens (tertiary/aromatic N) is 1. The van der Waals surface area contributed by atoms with Gasteiger partial charge in [-0.2, -0.15) is 0 Å². The third-order valence-corrected chi connectivity index (χ3v) is 4.11. The van der Waals surface area contributed by atoms with Crippen molar-refractivity contribution in [2.24, 2.45) is 0 Å². The van der Waals surface area contributed by atoms with Crippen LogP contribution < -0.4 is 4.74 Å². The van der Waals surface area contributed by atoms with Crippen molar-refractivity contribution in [3.8, 4) is 22.8 Å². The van der Waals surface area contributed by atoms with E-state index in [0.717, 1.165) is 39.2 Å². The van der Waals surface area contributed by atoms with Gasteiger partial charge in [-0.15, -0.1) is 0 Å². The molecule has 0 saturated heterocycles. The summed E-state index contributed by atoms with van der Waals surface area (Å²) in [5, 5.41) is 1.11. The van der Waals surface area contributed by atoms with E-state index in [1.807, 2.05) is 66.7 Å². The van der Waals surface area contributed by atoms with E-state index in [9.17, 15) is 0 Å². The maximum atomic E-state index is 6.24. The van der Waals surface area contributed by atoms with E-state index in [1.54, 1.807) is 0 Å². The SMILES string of the molecule is Cc1c(Oc2ccccc2)c(-c2ccccc2)nc2ccccc12. The molecule has 0 unspecified atom stereocenters. The van der Waals surface area contributed by atoms with E-state index >= 15 is 0 Å². The maximum Gasteiger partial charge on any atom is 0.157 e. The Kier molecular flexibility index (Phi) is 3.72. The maximum absolute atomic E-state index is 6.24. The number of fused-ring (bicyclic) bond motifs is 1. The van der Waals surface area contributed by atoms with Crippen molar-refractivity contribution < 1.29 is 4.74 Å². The second kappa shape index (κ2) is 6.17. The summed E-state index contributed by atoms with van der Waals surface area (Å²) in [5.41, 5.74) is 4.01. The topological polar surface area (TPSA) is 22.1 Å². The molecule has 0 spiro atoms. The van der Waals surface area contributed by atoms with E-state index in [4.69, 9.17) is 9.72 Å². The van der Waals surface area contributed by atoms with E-state index in [0.29, 0.717) is 0 Å². The first-order chi connectivity index (χ1) is 11.8. The fourth-order valence-electron chi connectivity index (χ4n) is 2.88. The lowest BCUT2D eigenvalue weighted by Gasteiger charge is -2.15. The Morgan fingerprint density at radius 1 is 0.708 bits per heavy atom. The molecule has 0 radical (unpaired) electrons. The van der Waals surface area contributed by atoms with Crippen LogP contribution in [-0.2, 0) is 0 Å². The average molecular weight is 311 g/mol. The zero-order chi connectivity index (χ0) is 16.4. The predicted octanol–water partition coefficient (Wildman–Crippen LogP) is 6.00. The van der Waals surface area contributed by atoms with Gasteiger partial charge in [-0.1, -0.05) is 66.7 Å². The van der Waals surface area contributed by atoms with Gasteiger partial charge in [0.15, 0.2) is 5.75 Å². The van der Waals surface area contributed by atoms with E-state index < -0.39 is 0 Å². The van der Waals surface area contributed by atoms with Gasteiger partial charge in [0.1, 0.15) is 11.4 Å². The first kappa shape index (κ1) is 14.5. The minimum Gasteiger partial charge on any atom is -0.455 e. The number of hydrogen-bond acceptors (Lipinski definition) is 2. The van der Waals surface area contributed by atoms with Crippen molar-refractivity contribution in [3.05, 3.63) is 90.5 Å². The van der Waals surface area contributed by atoms with Crippen LogP contribution in [0.1, 0.15) is 5.56 Å². The van der Waals surface area contributed by atoms with Crippen LogP contribution in [0.3, 0.4) is 0 Å². The predicted molar refractivity (Wildman–Crippen MR) is 98.4 cm³/mol. The molecule has 0 amide bonds. The van der Waals surface area contributed by atoms with Crippen LogP contribution in [0.5, 0.6) is 11.5 Å². The molecule has 0 bridgehead atoms. The number of aryl methyl sites for hydroxylation is 1. The van der Waals surface area contributed by atoms with E-state index in [-0.39, 0.29) is 0 Å². The lowest BCUT2D eigenvalue weighted by atomic mass is 10.0. The van der Waals surface area contributed by atoms with Gasteiger partial charge in [0.25, 0.3) is 0 Å². The van der Waals surface area contributed by atoms with Crippen LogP contribution in [0.25, 0.3) is 22.2 Å². The van der Waals surface area contributed by atoms with Crippen molar-refractivity contribution in [2.75, 3.05) is 0 Å². The molecule has 0 aliphatic carbocycles. The molecule has 0 saturated carbocycles. The monoisotopic (exact) mass is 311 g/mol. The molecular weight excluding hydrogens is 294 g/mol. The van der Waals surface area contributed by atoms with Crippen LogP contribution in [0.4, 0.5) is 0 Å². The molecule has 116 valence electrons. The molecule has 0 fully saturated rings. The van der Waals surface area contributed by atoms with Crippen LogP contribution in [-0.4, -0.2) is 4.98 Å². The van der Waals surface area contributed by atoms with Crippen molar-refractivity contribution in [3.63, 3.8) is 0 Å². The Bertz CT molecular complexity index is 979. The highest BCUT2D eigenvalue weighted by atomic mass is 16.5. The number of rotatable bonds is 3. The molecule has 2 heteroatoms. The van der Waals surface area contributed by atoms with Crippen molar-refractivity contribution >= 4 is 10.9 Å².